The number of hydrogen-bond donors (Lipinski definition) is 0. The smallest absolute Gasteiger partial charge is 0.00851 e. The van der Waals surface area contributed by atoms with Crippen LogP contribution in [0.1, 0.15) is 6.42 Å². The third-order valence-electron chi connectivity index (χ3n) is 0.670. The molecule has 1 saturated heterocycles. The van der Waals surface area contributed by atoms with E-state index in [1.54, 1.807) is 0 Å². The maximum Gasteiger partial charge on any atom is 0.00851 e. The maximum absolute atomic E-state index is 4.99. The lowest BCUT2D eigenvalue weighted by Crippen LogP contribution is -1.74. The Balaban J connectivity index is 2.37. The van der Waals surface area contributed by atoms with Crippen molar-refractivity contribution < 1.29 is 0 Å². The van der Waals surface area contributed by atoms with Gasteiger partial charge in [-0.2, -0.15) is 0 Å². The van der Waals surface area contributed by atoms with E-state index in [0.717, 1.165) is 0 Å². The van der Waals surface area contributed by atoms with Crippen molar-refractivity contribution in [1.29, 1.82) is 0 Å². The molecule has 0 saturated carbocycles. The van der Waals surface area contributed by atoms with Crippen LogP contribution in [0.25, 0.3) is 0 Å². The molecule has 1 atom stereocenters. The van der Waals surface area contributed by atoms with E-state index in [-0.39, 0.29) is 0 Å². The van der Waals surface area contributed by atoms with Crippen LogP contribution in [0.2, 0.25) is 0 Å². The molecule has 0 aromatic carbocycles. The van der Waals surface area contributed by atoms with Crippen molar-refractivity contribution in [2.24, 2.45) is 0 Å². The Morgan fingerprint density at radius 3 is 2.67 bits per heavy atom. The van der Waals surface area contributed by atoms with E-state index in [0.29, 0.717) is 8.49 Å². The minimum Gasteiger partial charge on any atom is -0.0899 e. The van der Waals surface area contributed by atoms with E-state index in [2.05, 4.69) is 0 Å². The van der Waals surface area contributed by atoms with Gasteiger partial charge < -0.3 is 0 Å². The highest BCUT2D eigenvalue weighted by atomic mass is 33.3. The zero-order chi connectivity index (χ0) is 4.41. The molecule has 0 amide bonds. The second-order valence-electron chi connectivity index (χ2n) is 1.18. The molecule has 0 nitrogen and oxygen atoms in total. The van der Waals surface area contributed by atoms with E-state index in [1.165, 1.54) is 17.9 Å². The van der Waals surface area contributed by atoms with Crippen molar-refractivity contribution in [3.63, 3.8) is 0 Å². The largest absolute Gasteiger partial charge is 0.0899 e. The lowest BCUT2D eigenvalue weighted by molar-refractivity contribution is 1.14. The predicted octanol–water partition coefficient (Wildman–Crippen LogP) is 1.12. The first-order chi connectivity index (χ1) is 2.89. The third-order valence-corrected chi connectivity index (χ3v) is 5.17. The lowest BCUT2D eigenvalue weighted by atomic mass is 10.6. The molecule has 0 bridgehead atoms. The van der Waals surface area contributed by atoms with Gasteiger partial charge in [0.1, 0.15) is 0 Å². The van der Waals surface area contributed by atoms with Gasteiger partial charge >= 0.3 is 0 Å². The van der Waals surface area contributed by atoms with Gasteiger partial charge in [0.05, 0.1) is 0 Å². The Kier molecular flexibility index (Phi) is 1.93. The van der Waals surface area contributed by atoms with Crippen LogP contribution in [0.5, 0.6) is 0 Å². The molecule has 6 heavy (non-hydrogen) atoms. The van der Waals surface area contributed by atoms with Gasteiger partial charge in [0.2, 0.25) is 0 Å². The van der Waals surface area contributed by atoms with Crippen molar-refractivity contribution in [1.82, 2.24) is 0 Å². The summed E-state index contributed by atoms with van der Waals surface area (Å²) < 4.78 is 0. The van der Waals surface area contributed by atoms with Gasteiger partial charge in [0.15, 0.2) is 0 Å². The van der Waals surface area contributed by atoms with Crippen LogP contribution in [-0.4, -0.2) is 11.5 Å². The van der Waals surface area contributed by atoms with Crippen LogP contribution in [0.3, 0.4) is 0 Å². The molecule has 0 N–H and O–H groups in total. The second-order valence-corrected chi connectivity index (χ2v) is 6.60. The maximum atomic E-state index is 4.99. The minimum atomic E-state index is 0.327. The Morgan fingerprint density at radius 1 is 1.67 bits per heavy atom. The van der Waals surface area contributed by atoms with Crippen molar-refractivity contribution in [2.45, 2.75) is 6.42 Å². The summed E-state index contributed by atoms with van der Waals surface area (Å²) in [6.07, 6.45) is 1.36. The standard InChI is InChI=1S/C3H6S3/c4-6-3-1-2-5-6/h1-3H2. The van der Waals surface area contributed by atoms with Crippen molar-refractivity contribution >= 4 is 30.5 Å². The first kappa shape index (κ1) is 5.06. The molecule has 1 rings (SSSR count). The van der Waals surface area contributed by atoms with E-state index >= 15 is 0 Å². The lowest BCUT2D eigenvalue weighted by Gasteiger charge is -1.79. The number of rotatable bonds is 0. The zero-order valence-electron chi connectivity index (χ0n) is 3.35. The SMILES string of the molecule is S=S1CCCS1. The molecular weight excluding hydrogens is 132 g/mol. The Morgan fingerprint density at radius 2 is 2.50 bits per heavy atom. The molecule has 0 aromatic heterocycles. The molecule has 3 heteroatoms. The Bertz CT molecular complexity index is 60.4. The fourth-order valence-electron chi connectivity index (χ4n) is 0.388. The molecule has 1 heterocycles. The van der Waals surface area contributed by atoms with Gasteiger partial charge in [-0.15, -0.1) is 0 Å². The molecule has 1 aliphatic rings. The molecule has 0 radical (unpaired) electrons. The Labute approximate surface area is 48.7 Å². The normalized spacial score (nSPS) is 34.3. The monoisotopic (exact) mass is 138 g/mol. The van der Waals surface area contributed by atoms with Crippen LogP contribution < -0.4 is 0 Å². The van der Waals surface area contributed by atoms with Gasteiger partial charge in [0, 0.05) is 11.5 Å². The molecule has 1 unspecified atom stereocenters. The van der Waals surface area contributed by atoms with Crippen molar-refractivity contribution in [3.8, 4) is 0 Å². The first-order valence-electron chi connectivity index (χ1n) is 1.91. The van der Waals surface area contributed by atoms with Gasteiger partial charge in [0.25, 0.3) is 0 Å². The number of hydrogen-bond acceptors (Lipinski definition) is 2. The van der Waals surface area contributed by atoms with E-state index in [4.69, 9.17) is 11.2 Å². The highest BCUT2D eigenvalue weighted by molar-refractivity contribution is 8.83. The second kappa shape index (κ2) is 2.28. The fraction of sp³-hybridized carbons (Fsp3) is 1.00. The van der Waals surface area contributed by atoms with Crippen molar-refractivity contribution in [2.75, 3.05) is 11.5 Å². The van der Waals surface area contributed by atoms with Crippen LogP contribution in [0, 0.1) is 0 Å². The van der Waals surface area contributed by atoms with Crippen LogP contribution in [-0.2, 0) is 19.7 Å². The molecule has 1 aliphatic heterocycles. The quantitative estimate of drug-likeness (QED) is 0.460. The van der Waals surface area contributed by atoms with E-state index in [1.807, 2.05) is 10.8 Å². The van der Waals surface area contributed by atoms with Crippen molar-refractivity contribution in [3.05, 3.63) is 0 Å². The summed E-state index contributed by atoms with van der Waals surface area (Å²) in [5, 5.41) is 0. The molecule has 1 fully saturated rings. The summed E-state index contributed by atoms with van der Waals surface area (Å²) in [6.45, 7) is 0. The van der Waals surface area contributed by atoms with Gasteiger partial charge in [-0.05, 0) is 17.6 Å². The van der Waals surface area contributed by atoms with E-state index < -0.39 is 0 Å². The van der Waals surface area contributed by atoms with Crippen LogP contribution >= 0.6 is 10.8 Å². The average molecular weight is 138 g/mol. The van der Waals surface area contributed by atoms with Crippen LogP contribution in [0.4, 0.5) is 0 Å². The topological polar surface area (TPSA) is 0 Å². The summed E-state index contributed by atoms with van der Waals surface area (Å²) in [7, 11) is 2.27. The molecular formula is C3H6S3. The summed E-state index contributed by atoms with van der Waals surface area (Å²) >= 11 is 4.99. The molecule has 36 valence electrons. The molecule has 0 aromatic rings. The first-order valence-corrected chi connectivity index (χ1v) is 5.73. The zero-order valence-corrected chi connectivity index (χ0v) is 5.80. The summed E-state index contributed by atoms with van der Waals surface area (Å²) in [5.74, 6) is 2.60. The highest BCUT2D eigenvalue weighted by Crippen LogP contribution is 2.18. The summed E-state index contributed by atoms with van der Waals surface area (Å²) in [4.78, 5) is 0. The average Bonchev–Trinajstić information content (AvgIpc) is 1.86. The summed E-state index contributed by atoms with van der Waals surface area (Å²) in [5.41, 5.74) is 0. The van der Waals surface area contributed by atoms with Crippen LogP contribution in [0.15, 0.2) is 0 Å². The highest BCUT2D eigenvalue weighted by Gasteiger charge is 2.02. The minimum absolute atomic E-state index is 0.327. The van der Waals surface area contributed by atoms with Gasteiger partial charge in [-0.3, -0.25) is 0 Å². The van der Waals surface area contributed by atoms with Gasteiger partial charge in [-0.1, -0.05) is 19.3 Å². The predicted molar refractivity (Wildman–Crippen MR) is 36.7 cm³/mol. The molecule has 0 spiro atoms. The Hall–Kier alpha value is 0.920. The fourth-order valence-corrected chi connectivity index (χ4v) is 4.10. The van der Waals surface area contributed by atoms with Gasteiger partial charge in [-0.25, -0.2) is 0 Å². The third kappa shape index (κ3) is 1.21. The molecule has 0 aliphatic carbocycles. The summed E-state index contributed by atoms with van der Waals surface area (Å²) in [6, 6.07) is 0. The van der Waals surface area contributed by atoms with E-state index in [9.17, 15) is 0 Å².